The molecule has 1 N–H and O–H groups in total. The van der Waals surface area contributed by atoms with E-state index in [0.717, 1.165) is 31.1 Å². The Hall–Kier alpha value is -0.780. The number of hydrogen-bond donors (Lipinski definition) is 1. The molecule has 1 heterocycles. The molecular weight excluding hydrogens is 325 g/mol. The molecule has 0 radical (unpaired) electrons. The van der Waals surface area contributed by atoms with Gasteiger partial charge < -0.3 is 5.32 Å². The van der Waals surface area contributed by atoms with Gasteiger partial charge in [0.05, 0.1) is 5.56 Å². The van der Waals surface area contributed by atoms with Crippen LogP contribution in [-0.2, 0) is 6.18 Å². The average molecular weight is 351 g/mol. The molecule has 1 aromatic carbocycles. The van der Waals surface area contributed by atoms with Gasteiger partial charge in [0.25, 0.3) is 0 Å². The predicted octanol–water partition coefficient (Wildman–Crippen LogP) is 4.51. The second-order valence-electron chi connectivity index (χ2n) is 6.17. The van der Waals surface area contributed by atoms with Gasteiger partial charge in [-0.25, -0.2) is 0 Å². The van der Waals surface area contributed by atoms with Gasteiger partial charge >= 0.3 is 6.18 Å². The molecule has 0 saturated carbocycles. The van der Waals surface area contributed by atoms with E-state index in [1.807, 2.05) is 7.05 Å². The molecule has 132 valence electrons. The maximum atomic E-state index is 12.6. The lowest BCUT2D eigenvalue weighted by Crippen LogP contribution is -2.36. The number of alkyl halides is 3. The Balaban J connectivity index is 0.00000264. The number of nitrogens with one attached hydrogen (secondary N) is 1. The van der Waals surface area contributed by atoms with E-state index < -0.39 is 11.7 Å². The molecule has 1 aliphatic rings. The highest BCUT2D eigenvalue weighted by atomic mass is 35.5. The van der Waals surface area contributed by atoms with Crippen molar-refractivity contribution in [3.63, 3.8) is 0 Å². The molecule has 1 saturated heterocycles. The zero-order chi connectivity index (χ0) is 16.2. The summed E-state index contributed by atoms with van der Waals surface area (Å²) in [5.41, 5.74) is 0.385. The third kappa shape index (κ3) is 5.66. The Labute approximate surface area is 142 Å². The van der Waals surface area contributed by atoms with Gasteiger partial charge in [-0.3, -0.25) is 4.90 Å². The first-order valence-electron chi connectivity index (χ1n) is 7.97. The summed E-state index contributed by atoms with van der Waals surface area (Å²) >= 11 is 0. The van der Waals surface area contributed by atoms with Gasteiger partial charge in [0.1, 0.15) is 0 Å². The first-order chi connectivity index (χ1) is 10.4. The number of likely N-dealkylation sites (tertiary alicyclic amines) is 1. The van der Waals surface area contributed by atoms with Crippen molar-refractivity contribution >= 4 is 12.4 Å². The summed E-state index contributed by atoms with van der Waals surface area (Å²) < 4.78 is 37.8. The van der Waals surface area contributed by atoms with E-state index >= 15 is 0 Å². The summed E-state index contributed by atoms with van der Waals surface area (Å²) in [5.74, 6) is 0.767. The van der Waals surface area contributed by atoms with Crippen molar-refractivity contribution in [3.8, 4) is 0 Å². The minimum absolute atomic E-state index is 0. The van der Waals surface area contributed by atoms with Crippen molar-refractivity contribution in [2.45, 2.75) is 38.4 Å². The fourth-order valence-corrected chi connectivity index (χ4v) is 3.14. The van der Waals surface area contributed by atoms with Gasteiger partial charge in [-0.2, -0.15) is 13.2 Å². The van der Waals surface area contributed by atoms with E-state index in [0.29, 0.717) is 0 Å². The number of rotatable bonds is 5. The second kappa shape index (κ2) is 8.90. The molecule has 1 unspecified atom stereocenters. The van der Waals surface area contributed by atoms with E-state index in [1.165, 1.54) is 31.4 Å². The molecule has 1 aliphatic heterocycles. The largest absolute Gasteiger partial charge is 0.416 e. The molecule has 6 heteroatoms. The molecule has 1 fully saturated rings. The van der Waals surface area contributed by atoms with Crippen molar-refractivity contribution < 1.29 is 13.2 Å². The first-order valence-corrected chi connectivity index (χ1v) is 7.97. The van der Waals surface area contributed by atoms with Crippen LogP contribution in [0.3, 0.4) is 0 Å². The van der Waals surface area contributed by atoms with Crippen LogP contribution in [-0.4, -0.2) is 31.6 Å². The molecule has 2 rings (SSSR count). The van der Waals surface area contributed by atoms with E-state index in [2.05, 4.69) is 17.1 Å². The van der Waals surface area contributed by atoms with Crippen LogP contribution >= 0.6 is 12.4 Å². The summed E-state index contributed by atoms with van der Waals surface area (Å²) in [5, 5.41) is 3.19. The topological polar surface area (TPSA) is 15.3 Å². The fraction of sp³-hybridized carbons (Fsp3) is 0.647. The van der Waals surface area contributed by atoms with E-state index in [9.17, 15) is 13.2 Å². The first kappa shape index (κ1) is 20.3. The van der Waals surface area contributed by atoms with Gasteiger partial charge in [-0.05, 0) is 76.5 Å². The zero-order valence-electron chi connectivity index (χ0n) is 13.7. The van der Waals surface area contributed by atoms with Crippen LogP contribution < -0.4 is 5.32 Å². The monoisotopic (exact) mass is 350 g/mol. The average Bonchev–Trinajstić information content (AvgIpc) is 2.52. The molecule has 0 amide bonds. The molecule has 0 aromatic heterocycles. The van der Waals surface area contributed by atoms with E-state index in [-0.39, 0.29) is 18.4 Å². The highest BCUT2D eigenvalue weighted by molar-refractivity contribution is 5.85. The highest BCUT2D eigenvalue weighted by Gasteiger charge is 2.30. The highest BCUT2D eigenvalue weighted by Crippen LogP contribution is 2.32. The summed E-state index contributed by atoms with van der Waals surface area (Å²) in [6.45, 7) is 5.18. The maximum Gasteiger partial charge on any atom is 0.416 e. The van der Waals surface area contributed by atoms with Gasteiger partial charge in [-0.1, -0.05) is 12.1 Å². The van der Waals surface area contributed by atoms with Gasteiger partial charge in [-0.15, -0.1) is 12.4 Å². The van der Waals surface area contributed by atoms with Crippen molar-refractivity contribution in [3.05, 3.63) is 35.4 Å². The Bertz CT molecular complexity index is 454. The lowest BCUT2D eigenvalue weighted by Gasteiger charge is -2.36. The van der Waals surface area contributed by atoms with Crippen LogP contribution in [0.25, 0.3) is 0 Å². The van der Waals surface area contributed by atoms with Gasteiger partial charge in [0, 0.05) is 6.04 Å². The van der Waals surface area contributed by atoms with Crippen molar-refractivity contribution in [2.75, 3.05) is 26.7 Å². The number of nitrogens with zero attached hydrogens (tertiary/aromatic N) is 1. The summed E-state index contributed by atoms with van der Waals surface area (Å²) in [4.78, 5) is 2.37. The number of hydrogen-bond acceptors (Lipinski definition) is 2. The minimum Gasteiger partial charge on any atom is -0.320 e. The van der Waals surface area contributed by atoms with Crippen LogP contribution in [0.5, 0.6) is 0 Å². The van der Waals surface area contributed by atoms with Crippen molar-refractivity contribution in [1.29, 1.82) is 0 Å². The molecule has 23 heavy (non-hydrogen) atoms. The third-order valence-electron chi connectivity index (χ3n) is 4.72. The van der Waals surface area contributed by atoms with Crippen LogP contribution in [0.1, 0.15) is 43.4 Å². The minimum atomic E-state index is -4.26. The smallest absolute Gasteiger partial charge is 0.320 e. The van der Waals surface area contributed by atoms with Crippen molar-refractivity contribution in [1.82, 2.24) is 10.2 Å². The quantitative estimate of drug-likeness (QED) is 0.840. The maximum absolute atomic E-state index is 12.6. The standard InChI is InChI=1S/C17H25F3N2.ClH/c1-13(15-3-5-16(6-4-15)17(18,19)20)22-11-8-14(9-12-22)7-10-21-2;/h3-6,13-14,21H,7-12H2,1-2H3;1H. The lowest BCUT2D eigenvalue weighted by atomic mass is 9.92. The molecule has 0 aliphatic carbocycles. The van der Waals surface area contributed by atoms with Crippen LogP contribution in [0.4, 0.5) is 13.2 Å². The van der Waals surface area contributed by atoms with Crippen LogP contribution in [0.2, 0.25) is 0 Å². The molecule has 2 nitrogen and oxygen atoms in total. The van der Waals surface area contributed by atoms with E-state index in [4.69, 9.17) is 0 Å². The third-order valence-corrected chi connectivity index (χ3v) is 4.72. The van der Waals surface area contributed by atoms with Crippen LogP contribution in [0.15, 0.2) is 24.3 Å². The normalized spacial score (nSPS) is 18.5. The number of halogens is 4. The molecule has 0 bridgehead atoms. The Morgan fingerprint density at radius 1 is 1.17 bits per heavy atom. The number of benzene rings is 1. The summed E-state index contributed by atoms with van der Waals surface area (Å²) in [6, 6.07) is 5.77. The summed E-state index contributed by atoms with van der Waals surface area (Å²) in [7, 11) is 1.97. The SMILES string of the molecule is CNCCC1CCN(C(C)c2ccc(C(F)(F)F)cc2)CC1.Cl. The van der Waals surface area contributed by atoms with Gasteiger partial charge in [0.15, 0.2) is 0 Å². The summed E-state index contributed by atoms with van der Waals surface area (Å²) in [6.07, 6.45) is -0.703. The molecule has 0 spiro atoms. The van der Waals surface area contributed by atoms with E-state index in [1.54, 1.807) is 12.1 Å². The van der Waals surface area contributed by atoms with Crippen molar-refractivity contribution in [2.24, 2.45) is 5.92 Å². The molecular formula is C17H26ClF3N2. The Morgan fingerprint density at radius 3 is 2.22 bits per heavy atom. The van der Waals surface area contributed by atoms with Crippen LogP contribution in [0, 0.1) is 5.92 Å². The fourth-order valence-electron chi connectivity index (χ4n) is 3.14. The number of piperidine rings is 1. The predicted molar refractivity (Wildman–Crippen MR) is 89.9 cm³/mol. The molecule has 1 atom stereocenters. The zero-order valence-corrected chi connectivity index (χ0v) is 14.5. The Kier molecular flexibility index (Phi) is 7.84. The molecule has 1 aromatic rings. The van der Waals surface area contributed by atoms with Gasteiger partial charge in [0.2, 0.25) is 0 Å². The lowest BCUT2D eigenvalue weighted by molar-refractivity contribution is -0.137. The Morgan fingerprint density at radius 2 is 1.74 bits per heavy atom. The second-order valence-corrected chi connectivity index (χ2v) is 6.17.